The van der Waals surface area contributed by atoms with E-state index in [9.17, 15) is 0 Å². The van der Waals surface area contributed by atoms with Gasteiger partial charge in [-0.05, 0) is 45.5 Å². The Morgan fingerprint density at radius 1 is 1.17 bits per heavy atom. The first-order chi connectivity index (χ1) is 8.54. The van der Waals surface area contributed by atoms with E-state index in [0.717, 1.165) is 31.0 Å². The number of hydrogen-bond donors (Lipinski definition) is 0. The Bertz CT molecular complexity index is 282. The van der Waals surface area contributed by atoms with Crippen molar-refractivity contribution >= 4 is 0 Å². The van der Waals surface area contributed by atoms with Gasteiger partial charge in [0.2, 0.25) is 0 Å². The SMILES string of the molecule is CCCCN(C)C/C(C)=C(/C/C=C(\C)OC)OC. The van der Waals surface area contributed by atoms with Gasteiger partial charge >= 0.3 is 0 Å². The minimum Gasteiger partial charge on any atom is -0.502 e. The number of allylic oxidation sites excluding steroid dienone is 2. The average Bonchev–Trinajstić information content (AvgIpc) is 2.36. The van der Waals surface area contributed by atoms with Gasteiger partial charge in [-0.1, -0.05) is 13.3 Å². The van der Waals surface area contributed by atoms with Crippen molar-refractivity contribution in [1.82, 2.24) is 4.90 Å². The minimum absolute atomic E-state index is 0.795. The van der Waals surface area contributed by atoms with Crippen molar-refractivity contribution in [3.8, 4) is 0 Å². The lowest BCUT2D eigenvalue weighted by Gasteiger charge is -2.18. The third-order valence-electron chi connectivity index (χ3n) is 3.02. The second kappa shape index (κ2) is 10.0. The zero-order valence-corrected chi connectivity index (χ0v) is 12.9. The Morgan fingerprint density at radius 3 is 2.33 bits per heavy atom. The Morgan fingerprint density at radius 2 is 1.83 bits per heavy atom. The molecule has 0 rings (SSSR count). The van der Waals surface area contributed by atoms with Gasteiger partial charge in [-0.2, -0.15) is 0 Å². The summed E-state index contributed by atoms with van der Waals surface area (Å²) in [6, 6.07) is 0. The Balaban J connectivity index is 4.42. The first kappa shape index (κ1) is 17.0. The van der Waals surface area contributed by atoms with Gasteiger partial charge in [0, 0.05) is 13.0 Å². The summed E-state index contributed by atoms with van der Waals surface area (Å²) in [5.74, 6) is 1.96. The fourth-order valence-electron chi connectivity index (χ4n) is 1.75. The van der Waals surface area contributed by atoms with Crippen LogP contribution in [0.2, 0.25) is 0 Å². The van der Waals surface area contributed by atoms with Crippen LogP contribution in [-0.4, -0.2) is 39.3 Å². The smallest absolute Gasteiger partial charge is 0.0996 e. The Hall–Kier alpha value is -0.960. The molecule has 3 heteroatoms. The van der Waals surface area contributed by atoms with Crippen molar-refractivity contribution in [3.05, 3.63) is 23.2 Å². The van der Waals surface area contributed by atoms with Crippen molar-refractivity contribution in [2.45, 2.75) is 40.0 Å². The summed E-state index contributed by atoms with van der Waals surface area (Å²) in [7, 11) is 5.58. The number of rotatable bonds is 9. The monoisotopic (exact) mass is 255 g/mol. The molecule has 0 radical (unpaired) electrons. The number of methoxy groups -OCH3 is 2. The first-order valence-electron chi connectivity index (χ1n) is 6.67. The van der Waals surface area contributed by atoms with Gasteiger partial charge in [0.05, 0.1) is 25.7 Å². The maximum absolute atomic E-state index is 5.47. The van der Waals surface area contributed by atoms with E-state index in [2.05, 4.69) is 25.8 Å². The largest absolute Gasteiger partial charge is 0.502 e. The predicted octanol–water partition coefficient (Wildman–Crippen LogP) is 3.58. The van der Waals surface area contributed by atoms with Crippen molar-refractivity contribution in [2.24, 2.45) is 0 Å². The summed E-state index contributed by atoms with van der Waals surface area (Å²) in [6.45, 7) is 8.41. The number of hydrogen-bond acceptors (Lipinski definition) is 3. The molecule has 0 bridgehead atoms. The van der Waals surface area contributed by atoms with E-state index in [1.54, 1.807) is 14.2 Å². The molecule has 0 spiro atoms. The quantitative estimate of drug-likeness (QED) is 0.588. The molecule has 0 aromatic carbocycles. The van der Waals surface area contributed by atoms with E-state index >= 15 is 0 Å². The van der Waals surface area contributed by atoms with Crippen LogP contribution in [0, 0.1) is 0 Å². The molecule has 0 unspecified atom stereocenters. The molecule has 0 aliphatic rings. The van der Waals surface area contributed by atoms with Crippen molar-refractivity contribution in [3.63, 3.8) is 0 Å². The molecular formula is C15H29NO2. The van der Waals surface area contributed by atoms with Crippen LogP contribution in [-0.2, 0) is 9.47 Å². The van der Waals surface area contributed by atoms with Crippen LogP contribution in [0.15, 0.2) is 23.2 Å². The van der Waals surface area contributed by atoms with E-state index in [1.807, 2.05) is 13.0 Å². The highest BCUT2D eigenvalue weighted by Gasteiger charge is 2.05. The van der Waals surface area contributed by atoms with Crippen molar-refractivity contribution < 1.29 is 9.47 Å². The summed E-state index contributed by atoms with van der Waals surface area (Å²) in [4.78, 5) is 2.34. The van der Waals surface area contributed by atoms with Gasteiger partial charge in [-0.15, -0.1) is 0 Å². The summed E-state index contributed by atoms with van der Waals surface area (Å²) < 4.78 is 10.6. The molecule has 0 amide bonds. The summed E-state index contributed by atoms with van der Waals surface area (Å²) in [6.07, 6.45) is 5.33. The highest BCUT2D eigenvalue weighted by molar-refractivity contribution is 5.12. The third-order valence-corrected chi connectivity index (χ3v) is 3.02. The van der Waals surface area contributed by atoms with Gasteiger partial charge < -0.3 is 14.4 Å². The third kappa shape index (κ3) is 7.38. The molecule has 0 N–H and O–H groups in total. The molecule has 0 aromatic heterocycles. The minimum atomic E-state index is 0.795. The molecule has 0 heterocycles. The van der Waals surface area contributed by atoms with Gasteiger partial charge in [0.25, 0.3) is 0 Å². The van der Waals surface area contributed by atoms with E-state index < -0.39 is 0 Å². The Labute approximate surface area is 112 Å². The predicted molar refractivity (Wildman–Crippen MR) is 77.5 cm³/mol. The molecule has 0 aliphatic heterocycles. The van der Waals surface area contributed by atoms with E-state index in [1.165, 1.54) is 18.4 Å². The molecule has 0 saturated carbocycles. The topological polar surface area (TPSA) is 21.7 Å². The lowest BCUT2D eigenvalue weighted by atomic mass is 10.2. The zero-order valence-electron chi connectivity index (χ0n) is 12.9. The highest BCUT2D eigenvalue weighted by Crippen LogP contribution is 2.13. The van der Waals surface area contributed by atoms with Crippen molar-refractivity contribution in [2.75, 3.05) is 34.4 Å². The molecule has 106 valence electrons. The number of ether oxygens (including phenoxy) is 2. The molecule has 0 aliphatic carbocycles. The number of likely N-dealkylation sites (N-methyl/N-ethyl adjacent to an activating group) is 1. The van der Waals surface area contributed by atoms with Gasteiger partial charge in [0.1, 0.15) is 0 Å². The van der Waals surface area contributed by atoms with Gasteiger partial charge in [-0.3, -0.25) is 0 Å². The number of nitrogens with zero attached hydrogens (tertiary/aromatic N) is 1. The first-order valence-corrected chi connectivity index (χ1v) is 6.67. The molecule has 0 atom stereocenters. The molecule has 0 fully saturated rings. The molecular weight excluding hydrogens is 226 g/mol. The maximum atomic E-state index is 5.47. The fourth-order valence-corrected chi connectivity index (χ4v) is 1.75. The van der Waals surface area contributed by atoms with Gasteiger partial charge in [0.15, 0.2) is 0 Å². The van der Waals surface area contributed by atoms with Crippen LogP contribution in [0.3, 0.4) is 0 Å². The van der Waals surface area contributed by atoms with Crippen LogP contribution in [0.25, 0.3) is 0 Å². The fraction of sp³-hybridized carbons (Fsp3) is 0.733. The summed E-state index contributed by atoms with van der Waals surface area (Å²) in [5.41, 5.74) is 1.29. The van der Waals surface area contributed by atoms with Crippen LogP contribution >= 0.6 is 0 Å². The number of unbranched alkanes of at least 4 members (excludes halogenated alkanes) is 1. The standard InChI is InChI=1S/C15H29NO2/c1-7-8-11-16(4)12-13(2)15(18-6)10-9-14(3)17-5/h9H,7-8,10-12H2,1-6H3/b14-9+,15-13-. The normalized spacial score (nSPS) is 13.6. The van der Waals surface area contributed by atoms with Gasteiger partial charge in [-0.25, -0.2) is 0 Å². The lowest BCUT2D eigenvalue weighted by Crippen LogP contribution is -2.22. The second-order valence-corrected chi connectivity index (χ2v) is 4.72. The zero-order chi connectivity index (χ0) is 14.0. The van der Waals surface area contributed by atoms with Crippen LogP contribution in [0.5, 0.6) is 0 Å². The van der Waals surface area contributed by atoms with E-state index in [4.69, 9.17) is 9.47 Å². The van der Waals surface area contributed by atoms with Crippen LogP contribution in [0.1, 0.15) is 40.0 Å². The lowest BCUT2D eigenvalue weighted by molar-refractivity contribution is 0.265. The maximum Gasteiger partial charge on any atom is 0.0996 e. The molecule has 0 aromatic rings. The Kier molecular flexibility index (Phi) is 9.47. The van der Waals surface area contributed by atoms with Crippen LogP contribution in [0.4, 0.5) is 0 Å². The molecule has 18 heavy (non-hydrogen) atoms. The van der Waals surface area contributed by atoms with E-state index in [-0.39, 0.29) is 0 Å². The molecule has 3 nitrogen and oxygen atoms in total. The van der Waals surface area contributed by atoms with E-state index in [0.29, 0.717) is 0 Å². The van der Waals surface area contributed by atoms with Crippen LogP contribution < -0.4 is 0 Å². The average molecular weight is 255 g/mol. The summed E-state index contributed by atoms with van der Waals surface area (Å²) >= 11 is 0. The highest BCUT2D eigenvalue weighted by atomic mass is 16.5. The summed E-state index contributed by atoms with van der Waals surface area (Å²) in [5, 5.41) is 0. The second-order valence-electron chi connectivity index (χ2n) is 4.72. The molecule has 0 saturated heterocycles. The van der Waals surface area contributed by atoms with Crippen molar-refractivity contribution in [1.29, 1.82) is 0 Å².